The van der Waals surface area contributed by atoms with Gasteiger partial charge in [0.15, 0.2) is 0 Å². The van der Waals surface area contributed by atoms with Crippen molar-refractivity contribution < 1.29 is 0 Å². The third kappa shape index (κ3) is 2.21. The van der Waals surface area contributed by atoms with Crippen molar-refractivity contribution in [3.05, 3.63) is 11.4 Å². The van der Waals surface area contributed by atoms with Crippen LogP contribution in [-0.4, -0.2) is 15.0 Å². The van der Waals surface area contributed by atoms with Gasteiger partial charge in [-0.25, -0.2) is 4.68 Å². The molecule has 0 radical (unpaired) electrons. The molecule has 74 valence electrons. The predicted octanol–water partition coefficient (Wildman–Crippen LogP) is 2.55. The van der Waals surface area contributed by atoms with E-state index in [9.17, 15) is 0 Å². The highest BCUT2D eigenvalue weighted by Crippen LogP contribution is 2.14. The summed E-state index contributed by atoms with van der Waals surface area (Å²) >= 11 is 5.77. The average molecular weight is 202 g/mol. The second-order valence-electron chi connectivity index (χ2n) is 3.40. The number of nitrogens with zero attached hydrogens (tertiary/aromatic N) is 3. The Bertz CT molecular complexity index is 268. The second-order valence-corrected chi connectivity index (χ2v) is 3.67. The smallest absolute Gasteiger partial charge is 0.101 e. The summed E-state index contributed by atoms with van der Waals surface area (Å²) < 4.78 is 1.96. The molecule has 0 aromatic carbocycles. The van der Waals surface area contributed by atoms with Crippen molar-refractivity contribution in [3.8, 4) is 0 Å². The van der Waals surface area contributed by atoms with E-state index < -0.39 is 0 Å². The number of halogens is 1. The highest BCUT2D eigenvalue weighted by Gasteiger charge is 2.12. The standard InChI is InChI=1S/C9H16ClN3/c1-4-5-9-8(6-10)11-12-13(9)7(2)3/h7H,4-6H2,1-3H3. The summed E-state index contributed by atoms with van der Waals surface area (Å²) in [5.74, 6) is 0.460. The molecule has 0 aliphatic carbocycles. The molecule has 0 aliphatic rings. The zero-order valence-electron chi connectivity index (χ0n) is 8.42. The fourth-order valence-electron chi connectivity index (χ4n) is 1.36. The van der Waals surface area contributed by atoms with Gasteiger partial charge < -0.3 is 0 Å². The maximum Gasteiger partial charge on any atom is 0.101 e. The van der Waals surface area contributed by atoms with Gasteiger partial charge in [0.2, 0.25) is 0 Å². The Morgan fingerprint density at radius 1 is 1.46 bits per heavy atom. The van der Waals surface area contributed by atoms with E-state index in [2.05, 4.69) is 31.1 Å². The molecule has 0 aliphatic heterocycles. The van der Waals surface area contributed by atoms with Crippen LogP contribution in [0.3, 0.4) is 0 Å². The van der Waals surface area contributed by atoms with Crippen molar-refractivity contribution in [1.82, 2.24) is 15.0 Å². The summed E-state index contributed by atoms with van der Waals surface area (Å²) in [7, 11) is 0. The Morgan fingerprint density at radius 3 is 2.62 bits per heavy atom. The highest BCUT2D eigenvalue weighted by molar-refractivity contribution is 6.16. The van der Waals surface area contributed by atoms with Gasteiger partial charge in [0.25, 0.3) is 0 Å². The van der Waals surface area contributed by atoms with Crippen molar-refractivity contribution >= 4 is 11.6 Å². The van der Waals surface area contributed by atoms with Gasteiger partial charge in [0, 0.05) is 6.04 Å². The molecule has 0 fully saturated rings. The van der Waals surface area contributed by atoms with Gasteiger partial charge in [-0.3, -0.25) is 0 Å². The van der Waals surface area contributed by atoms with Gasteiger partial charge in [-0.1, -0.05) is 18.6 Å². The molecule has 0 atom stereocenters. The van der Waals surface area contributed by atoms with Crippen LogP contribution in [0.1, 0.15) is 44.6 Å². The Hall–Kier alpha value is -0.570. The van der Waals surface area contributed by atoms with Crippen LogP contribution < -0.4 is 0 Å². The molecule has 0 unspecified atom stereocenters. The molecule has 0 bridgehead atoms. The number of hydrogen-bond acceptors (Lipinski definition) is 2. The molecule has 3 nitrogen and oxygen atoms in total. The zero-order valence-corrected chi connectivity index (χ0v) is 9.17. The molecule has 0 saturated carbocycles. The monoisotopic (exact) mass is 201 g/mol. The van der Waals surface area contributed by atoms with Crippen LogP contribution in [0.25, 0.3) is 0 Å². The van der Waals surface area contributed by atoms with E-state index in [0.29, 0.717) is 11.9 Å². The average Bonchev–Trinajstić information content (AvgIpc) is 2.48. The number of alkyl halides is 1. The lowest BCUT2D eigenvalue weighted by Gasteiger charge is -2.09. The van der Waals surface area contributed by atoms with Crippen LogP contribution in [0, 0.1) is 0 Å². The summed E-state index contributed by atoms with van der Waals surface area (Å²) in [5, 5.41) is 8.14. The van der Waals surface area contributed by atoms with E-state index >= 15 is 0 Å². The molecule has 1 aromatic heterocycles. The first-order valence-corrected chi connectivity index (χ1v) is 5.23. The highest BCUT2D eigenvalue weighted by atomic mass is 35.5. The molecular formula is C9H16ClN3. The third-order valence-electron chi connectivity index (χ3n) is 1.97. The molecule has 0 amide bonds. The molecule has 0 saturated heterocycles. The summed E-state index contributed by atoms with van der Waals surface area (Å²) in [5.41, 5.74) is 2.12. The molecule has 1 rings (SSSR count). The van der Waals surface area contributed by atoms with Gasteiger partial charge in [0.1, 0.15) is 5.69 Å². The van der Waals surface area contributed by atoms with Gasteiger partial charge in [-0.05, 0) is 20.3 Å². The van der Waals surface area contributed by atoms with Crippen molar-refractivity contribution in [2.75, 3.05) is 0 Å². The molecule has 1 heterocycles. The van der Waals surface area contributed by atoms with Crippen LogP contribution in [0.4, 0.5) is 0 Å². The molecule has 1 aromatic rings. The first kappa shape index (κ1) is 10.5. The topological polar surface area (TPSA) is 30.7 Å². The van der Waals surface area contributed by atoms with Crippen LogP contribution in [0.2, 0.25) is 0 Å². The third-order valence-corrected chi connectivity index (χ3v) is 2.23. The van der Waals surface area contributed by atoms with Crippen LogP contribution in [0.5, 0.6) is 0 Å². The Morgan fingerprint density at radius 2 is 2.15 bits per heavy atom. The number of hydrogen-bond donors (Lipinski definition) is 0. The van der Waals surface area contributed by atoms with Crippen molar-refractivity contribution in [2.24, 2.45) is 0 Å². The lowest BCUT2D eigenvalue weighted by atomic mass is 10.2. The quantitative estimate of drug-likeness (QED) is 0.701. The molecule has 13 heavy (non-hydrogen) atoms. The molecule has 0 N–H and O–H groups in total. The van der Waals surface area contributed by atoms with Crippen molar-refractivity contribution in [1.29, 1.82) is 0 Å². The second kappa shape index (κ2) is 4.61. The minimum atomic E-state index is 0.367. The van der Waals surface area contributed by atoms with E-state index in [1.54, 1.807) is 0 Å². The van der Waals surface area contributed by atoms with Crippen LogP contribution >= 0.6 is 11.6 Å². The Kier molecular flexibility index (Phi) is 3.72. The molecule has 4 heteroatoms. The maximum absolute atomic E-state index is 5.77. The van der Waals surface area contributed by atoms with Crippen molar-refractivity contribution in [2.45, 2.75) is 45.5 Å². The van der Waals surface area contributed by atoms with Gasteiger partial charge in [0.05, 0.1) is 11.6 Å². The van der Waals surface area contributed by atoms with E-state index in [1.165, 1.54) is 5.69 Å². The summed E-state index contributed by atoms with van der Waals surface area (Å²) in [4.78, 5) is 0. The Balaban J connectivity index is 2.99. The van der Waals surface area contributed by atoms with E-state index in [4.69, 9.17) is 11.6 Å². The van der Waals surface area contributed by atoms with Crippen molar-refractivity contribution in [3.63, 3.8) is 0 Å². The van der Waals surface area contributed by atoms with E-state index in [-0.39, 0.29) is 0 Å². The molecular weight excluding hydrogens is 186 g/mol. The lowest BCUT2D eigenvalue weighted by molar-refractivity contribution is 0.492. The van der Waals surface area contributed by atoms with E-state index in [1.807, 2.05) is 4.68 Å². The maximum atomic E-state index is 5.77. The van der Waals surface area contributed by atoms with Gasteiger partial charge >= 0.3 is 0 Å². The van der Waals surface area contributed by atoms with E-state index in [0.717, 1.165) is 18.5 Å². The minimum Gasteiger partial charge on any atom is -0.247 e. The Labute approximate surface area is 84.1 Å². The number of aromatic nitrogens is 3. The van der Waals surface area contributed by atoms with Gasteiger partial charge in [-0.2, -0.15) is 0 Å². The number of rotatable bonds is 4. The zero-order chi connectivity index (χ0) is 9.84. The predicted molar refractivity (Wildman–Crippen MR) is 54.0 cm³/mol. The largest absolute Gasteiger partial charge is 0.247 e. The fourth-order valence-corrected chi connectivity index (χ4v) is 1.57. The first-order valence-electron chi connectivity index (χ1n) is 4.69. The van der Waals surface area contributed by atoms with Crippen LogP contribution in [-0.2, 0) is 12.3 Å². The summed E-state index contributed by atoms with van der Waals surface area (Å²) in [6.07, 6.45) is 2.11. The normalized spacial score (nSPS) is 11.2. The summed E-state index contributed by atoms with van der Waals surface area (Å²) in [6, 6.07) is 0.367. The first-order chi connectivity index (χ1) is 6.20. The summed E-state index contributed by atoms with van der Waals surface area (Å²) in [6.45, 7) is 6.35. The minimum absolute atomic E-state index is 0.367. The van der Waals surface area contributed by atoms with Crippen LogP contribution in [0.15, 0.2) is 0 Å². The van der Waals surface area contributed by atoms with Gasteiger partial charge in [-0.15, -0.1) is 16.7 Å². The fraction of sp³-hybridized carbons (Fsp3) is 0.778. The lowest BCUT2D eigenvalue weighted by Crippen LogP contribution is -2.08. The SMILES string of the molecule is CCCc1c(CCl)nnn1C(C)C. The molecule has 0 spiro atoms.